The molecule has 14 heavy (non-hydrogen) atoms. The van der Waals surface area contributed by atoms with E-state index in [0.717, 1.165) is 17.6 Å². The van der Waals surface area contributed by atoms with Crippen LogP contribution in [0.4, 0.5) is 0 Å². The third kappa shape index (κ3) is 2.34. The van der Waals surface area contributed by atoms with E-state index in [1.165, 1.54) is 6.92 Å². The monoisotopic (exact) mass is 192 g/mol. The van der Waals surface area contributed by atoms with Crippen LogP contribution in [0.3, 0.4) is 0 Å². The molecular weight excluding hydrogens is 176 g/mol. The summed E-state index contributed by atoms with van der Waals surface area (Å²) < 4.78 is 5.19. The first-order valence-corrected chi connectivity index (χ1v) is 4.69. The summed E-state index contributed by atoms with van der Waals surface area (Å²) in [6.45, 7) is 11.2. The average molecular weight is 192 g/mol. The molecule has 0 saturated heterocycles. The van der Waals surface area contributed by atoms with Gasteiger partial charge in [0.25, 0.3) is 0 Å². The molecular formula is C12H16O2. The molecule has 0 aromatic carbocycles. The van der Waals surface area contributed by atoms with Crippen LogP contribution in [0.15, 0.2) is 36.5 Å². The quantitative estimate of drug-likeness (QED) is 0.496. The lowest BCUT2D eigenvalue weighted by Crippen LogP contribution is -2.28. The van der Waals surface area contributed by atoms with E-state index in [4.69, 9.17) is 4.74 Å². The molecule has 1 aliphatic rings. The number of carbonyl (C=O) groups excluding carboxylic acids is 1. The van der Waals surface area contributed by atoms with Gasteiger partial charge in [-0.25, -0.2) is 0 Å². The first-order valence-electron chi connectivity index (χ1n) is 4.69. The van der Waals surface area contributed by atoms with Gasteiger partial charge in [0.15, 0.2) is 0 Å². The molecule has 0 bridgehead atoms. The van der Waals surface area contributed by atoms with Gasteiger partial charge in [-0.2, -0.15) is 0 Å². The summed E-state index contributed by atoms with van der Waals surface area (Å²) in [7, 11) is 0. The number of allylic oxidation sites excluding steroid dienone is 1. The summed E-state index contributed by atoms with van der Waals surface area (Å²) in [5.74, 6) is -0.190. The molecule has 0 radical (unpaired) electrons. The van der Waals surface area contributed by atoms with Crippen LogP contribution in [-0.2, 0) is 9.53 Å². The van der Waals surface area contributed by atoms with Gasteiger partial charge in [-0.05, 0) is 19.4 Å². The highest BCUT2D eigenvalue weighted by atomic mass is 16.5. The zero-order chi connectivity index (χ0) is 10.7. The van der Waals surface area contributed by atoms with E-state index in [1.807, 2.05) is 19.1 Å². The molecule has 0 aliphatic heterocycles. The molecule has 0 unspecified atom stereocenters. The zero-order valence-corrected chi connectivity index (χ0v) is 8.75. The highest BCUT2D eigenvalue weighted by Gasteiger charge is 2.27. The Bertz CT molecular complexity index is 299. The Morgan fingerprint density at radius 2 is 2.21 bits per heavy atom. The normalized spacial score (nSPS) is 26.0. The van der Waals surface area contributed by atoms with Crippen molar-refractivity contribution in [3.63, 3.8) is 0 Å². The highest BCUT2D eigenvalue weighted by molar-refractivity contribution is 5.66. The lowest BCUT2D eigenvalue weighted by atomic mass is 9.83. The number of hydrogen-bond acceptors (Lipinski definition) is 2. The van der Waals surface area contributed by atoms with Crippen LogP contribution >= 0.6 is 0 Å². The predicted molar refractivity (Wildman–Crippen MR) is 56.8 cm³/mol. The molecule has 2 heteroatoms. The van der Waals surface area contributed by atoms with Crippen molar-refractivity contribution >= 4 is 5.97 Å². The first kappa shape index (κ1) is 10.8. The summed E-state index contributed by atoms with van der Waals surface area (Å²) in [4.78, 5) is 10.9. The standard InChI is InChI=1S/C12H16O2/c1-8(2)12-9(3)6-5-7-11(12)14-10(4)13/h5,7,11-12H,1,3,6H2,2,4H3/t11-,12-/m0/s1. The lowest BCUT2D eigenvalue weighted by molar-refractivity contribution is -0.145. The predicted octanol–water partition coefficient (Wildman–Crippen LogP) is 2.63. The molecule has 0 fully saturated rings. The van der Waals surface area contributed by atoms with Crippen LogP contribution in [0.5, 0.6) is 0 Å². The summed E-state index contributed by atoms with van der Waals surface area (Å²) in [6.07, 6.45) is 4.52. The van der Waals surface area contributed by atoms with Gasteiger partial charge < -0.3 is 4.74 Å². The molecule has 0 amide bonds. The molecule has 0 spiro atoms. The molecule has 0 aromatic heterocycles. The Morgan fingerprint density at radius 3 is 2.71 bits per heavy atom. The van der Waals surface area contributed by atoms with Gasteiger partial charge in [-0.1, -0.05) is 30.4 Å². The minimum absolute atomic E-state index is 0.0731. The van der Waals surface area contributed by atoms with Crippen molar-refractivity contribution < 1.29 is 9.53 Å². The lowest BCUT2D eigenvalue weighted by Gasteiger charge is -2.29. The molecule has 0 saturated carbocycles. The van der Waals surface area contributed by atoms with E-state index in [0.29, 0.717) is 0 Å². The van der Waals surface area contributed by atoms with Crippen molar-refractivity contribution in [3.8, 4) is 0 Å². The Balaban J connectivity index is 2.84. The Labute approximate surface area is 85.0 Å². The Hall–Kier alpha value is -1.31. The maximum Gasteiger partial charge on any atom is 0.303 e. The van der Waals surface area contributed by atoms with Crippen molar-refractivity contribution in [1.82, 2.24) is 0 Å². The molecule has 2 atom stereocenters. The molecule has 0 heterocycles. The largest absolute Gasteiger partial charge is 0.457 e. The number of ether oxygens (including phenoxy) is 1. The summed E-state index contributed by atoms with van der Waals surface area (Å²) in [5, 5.41) is 0. The maximum atomic E-state index is 10.9. The van der Waals surface area contributed by atoms with Gasteiger partial charge in [-0.15, -0.1) is 0 Å². The summed E-state index contributed by atoms with van der Waals surface area (Å²) in [5.41, 5.74) is 2.05. The van der Waals surface area contributed by atoms with Crippen LogP contribution < -0.4 is 0 Å². The second-order valence-corrected chi connectivity index (χ2v) is 3.69. The van der Waals surface area contributed by atoms with E-state index in [2.05, 4.69) is 13.2 Å². The minimum Gasteiger partial charge on any atom is -0.457 e. The van der Waals surface area contributed by atoms with E-state index in [9.17, 15) is 4.79 Å². The molecule has 0 N–H and O–H groups in total. The third-order valence-corrected chi connectivity index (χ3v) is 2.31. The second-order valence-electron chi connectivity index (χ2n) is 3.69. The third-order valence-electron chi connectivity index (χ3n) is 2.31. The van der Waals surface area contributed by atoms with Crippen molar-refractivity contribution in [3.05, 3.63) is 36.5 Å². The second kappa shape index (κ2) is 4.27. The van der Waals surface area contributed by atoms with E-state index >= 15 is 0 Å². The van der Waals surface area contributed by atoms with Gasteiger partial charge in [0.05, 0.1) is 0 Å². The van der Waals surface area contributed by atoms with Crippen LogP contribution in [0.1, 0.15) is 20.3 Å². The van der Waals surface area contributed by atoms with Gasteiger partial charge >= 0.3 is 5.97 Å². The van der Waals surface area contributed by atoms with Gasteiger partial charge in [0.2, 0.25) is 0 Å². The zero-order valence-electron chi connectivity index (χ0n) is 8.75. The maximum absolute atomic E-state index is 10.9. The Kier molecular flexibility index (Phi) is 3.28. The van der Waals surface area contributed by atoms with Gasteiger partial charge in [-0.3, -0.25) is 4.79 Å². The fourth-order valence-electron chi connectivity index (χ4n) is 1.75. The number of carbonyl (C=O) groups is 1. The Morgan fingerprint density at radius 1 is 1.57 bits per heavy atom. The first-order chi connectivity index (χ1) is 6.52. The number of rotatable bonds is 2. The van der Waals surface area contributed by atoms with Crippen molar-refractivity contribution in [2.45, 2.75) is 26.4 Å². The fraction of sp³-hybridized carbons (Fsp3) is 0.417. The molecule has 2 nitrogen and oxygen atoms in total. The van der Waals surface area contributed by atoms with E-state index in [-0.39, 0.29) is 18.0 Å². The fourth-order valence-corrected chi connectivity index (χ4v) is 1.75. The molecule has 1 aliphatic carbocycles. The highest BCUT2D eigenvalue weighted by Crippen LogP contribution is 2.30. The molecule has 76 valence electrons. The van der Waals surface area contributed by atoms with Crippen LogP contribution in [-0.4, -0.2) is 12.1 Å². The van der Waals surface area contributed by atoms with Gasteiger partial charge in [0, 0.05) is 12.8 Å². The topological polar surface area (TPSA) is 26.3 Å². The van der Waals surface area contributed by atoms with E-state index < -0.39 is 0 Å². The van der Waals surface area contributed by atoms with Gasteiger partial charge in [0.1, 0.15) is 6.10 Å². The summed E-state index contributed by atoms with van der Waals surface area (Å²) >= 11 is 0. The number of hydrogen-bond donors (Lipinski definition) is 0. The van der Waals surface area contributed by atoms with Crippen molar-refractivity contribution in [2.24, 2.45) is 5.92 Å². The van der Waals surface area contributed by atoms with Crippen LogP contribution in [0, 0.1) is 5.92 Å². The average Bonchev–Trinajstić information content (AvgIpc) is 2.01. The molecule has 0 aromatic rings. The summed E-state index contributed by atoms with van der Waals surface area (Å²) in [6, 6.07) is 0. The minimum atomic E-state index is -0.263. The molecule has 1 rings (SSSR count). The van der Waals surface area contributed by atoms with Crippen molar-refractivity contribution in [2.75, 3.05) is 0 Å². The van der Waals surface area contributed by atoms with Crippen LogP contribution in [0.2, 0.25) is 0 Å². The smallest absolute Gasteiger partial charge is 0.303 e. The van der Waals surface area contributed by atoms with E-state index in [1.54, 1.807) is 0 Å². The van der Waals surface area contributed by atoms with Crippen molar-refractivity contribution in [1.29, 1.82) is 0 Å². The SMILES string of the molecule is C=C(C)[C@H]1C(=C)CC=C[C@@H]1OC(C)=O. The van der Waals surface area contributed by atoms with Crippen LogP contribution in [0.25, 0.3) is 0 Å². The number of esters is 1.